The number of benzene rings is 2. The van der Waals surface area contributed by atoms with Crippen LogP contribution < -0.4 is 20.0 Å². The topological polar surface area (TPSA) is 175 Å². The van der Waals surface area contributed by atoms with Crippen LogP contribution in [0.4, 0.5) is 11.4 Å². The van der Waals surface area contributed by atoms with Gasteiger partial charge in [0.25, 0.3) is 11.4 Å². The van der Waals surface area contributed by atoms with Crippen LogP contribution in [0.3, 0.4) is 0 Å². The number of nitro benzene ring substituents is 2. The maximum atomic E-state index is 10.6. The zero-order chi connectivity index (χ0) is 36.2. The molecule has 2 N–H and O–H groups in total. The lowest BCUT2D eigenvalue weighted by atomic mass is 10.1. The summed E-state index contributed by atoms with van der Waals surface area (Å²) in [5, 5.41) is 39.0. The average molecular weight is 675 g/mol. The Morgan fingerprint density at radius 3 is 1.04 bits per heavy atom. The van der Waals surface area contributed by atoms with Crippen molar-refractivity contribution >= 4 is 23.3 Å². The lowest BCUT2D eigenvalue weighted by Crippen LogP contribution is -3.11. The van der Waals surface area contributed by atoms with Crippen molar-refractivity contribution in [1.29, 1.82) is 0 Å². The van der Waals surface area contributed by atoms with Gasteiger partial charge in [-0.3, -0.25) is 20.2 Å². The molecular formula is C36H58N4O8. The number of aryl methyl sites for hydroxylation is 2. The third-order valence-electron chi connectivity index (χ3n) is 8.22. The number of carbonyl (C=O) groups is 2. The Bertz CT molecular complexity index is 1070. The van der Waals surface area contributed by atoms with Gasteiger partial charge < -0.3 is 29.6 Å². The molecule has 0 aliphatic rings. The fourth-order valence-corrected chi connectivity index (χ4v) is 5.18. The van der Waals surface area contributed by atoms with Crippen molar-refractivity contribution in [3.63, 3.8) is 0 Å². The third kappa shape index (κ3) is 22.6. The average Bonchev–Trinajstić information content (AvgIpc) is 3.08. The fourth-order valence-electron chi connectivity index (χ4n) is 5.18. The van der Waals surface area contributed by atoms with E-state index in [2.05, 4.69) is 27.7 Å². The lowest BCUT2D eigenvalue weighted by molar-refractivity contribution is -0.898. The van der Waals surface area contributed by atoms with Gasteiger partial charge in [-0.1, -0.05) is 51.0 Å². The number of hydrogen-bond acceptors (Lipinski definition) is 8. The van der Waals surface area contributed by atoms with E-state index >= 15 is 0 Å². The number of nitrogens with zero attached hydrogens (tertiary/aromatic N) is 2. The van der Waals surface area contributed by atoms with E-state index in [9.17, 15) is 20.2 Å². The molecule has 0 saturated heterocycles. The highest BCUT2D eigenvalue weighted by molar-refractivity contribution is 6.25. The molecule has 2 aromatic rings. The Labute approximate surface area is 286 Å². The molecule has 2 aromatic carbocycles. The fraction of sp³-hybridized carbons (Fsp3) is 0.611. The predicted molar refractivity (Wildman–Crippen MR) is 184 cm³/mol. The van der Waals surface area contributed by atoms with E-state index < -0.39 is 11.9 Å². The first-order valence-electron chi connectivity index (χ1n) is 17.5. The molecule has 0 aromatic heterocycles. The highest BCUT2D eigenvalue weighted by Gasteiger charge is 2.08. The van der Waals surface area contributed by atoms with Gasteiger partial charge in [0, 0.05) is 24.3 Å². The monoisotopic (exact) mass is 674 g/mol. The summed E-state index contributed by atoms with van der Waals surface area (Å²) in [4.78, 5) is 41.7. The van der Waals surface area contributed by atoms with Crippen molar-refractivity contribution in [2.75, 3.05) is 39.3 Å². The zero-order valence-corrected chi connectivity index (χ0v) is 29.5. The van der Waals surface area contributed by atoms with E-state index in [1.807, 2.05) is 24.3 Å². The van der Waals surface area contributed by atoms with Gasteiger partial charge in [0.2, 0.25) is 0 Å². The third-order valence-corrected chi connectivity index (χ3v) is 8.22. The minimum Gasteiger partial charge on any atom is -0.543 e. The largest absolute Gasteiger partial charge is 0.543 e. The van der Waals surface area contributed by atoms with Crippen molar-refractivity contribution in [3.8, 4) is 0 Å². The molecule has 12 heteroatoms. The number of nitrogens with one attached hydrogen (secondary N) is 2. The number of unbranched alkanes of at least 4 members (excludes halogenated alkanes) is 6. The summed E-state index contributed by atoms with van der Waals surface area (Å²) >= 11 is 0. The maximum absolute atomic E-state index is 10.6. The van der Waals surface area contributed by atoms with Crippen LogP contribution >= 0.6 is 0 Å². The van der Waals surface area contributed by atoms with Crippen molar-refractivity contribution in [1.82, 2.24) is 0 Å². The number of rotatable bonds is 22. The number of aliphatic carboxylic acids is 2. The number of carboxylic acids is 2. The smallest absolute Gasteiger partial charge is 0.269 e. The highest BCUT2D eigenvalue weighted by Crippen LogP contribution is 2.14. The minimum absolute atomic E-state index is 0.177. The zero-order valence-electron chi connectivity index (χ0n) is 29.5. The second kappa shape index (κ2) is 28.1. The molecule has 0 saturated carbocycles. The van der Waals surface area contributed by atoms with E-state index in [0.717, 1.165) is 25.7 Å². The number of carbonyl (C=O) groups excluding carboxylic acids is 2. The van der Waals surface area contributed by atoms with Gasteiger partial charge in [0.1, 0.15) is 0 Å². The molecule has 2 rings (SSSR count). The summed E-state index contributed by atoms with van der Waals surface area (Å²) in [6.45, 7) is 16.5. The molecule has 0 radical (unpaired) electrons. The second-order valence-electron chi connectivity index (χ2n) is 12.0. The van der Waals surface area contributed by atoms with Crippen LogP contribution in [0, 0.1) is 20.2 Å². The SMILES string of the molecule is CCCCC[NH+](CC)CCCCc1ccc([N+](=O)[O-])cc1.CCCCC[NH+](CC)CCCCc1ccc([N+](=O)[O-])cc1.O=C([O-])C(=O)[O-]. The van der Waals surface area contributed by atoms with Crippen LogP contribution in [-0.4, -0.2) is 61.1 Å². The van der Waals surface area contributed by atoms with Crippen molar-refractivity contribution in [2.45, 2.75) is 105 Å². The van der Waals surface area contributed by atoms with Crippen LogP contribution in [0.2, 0.25) is 0 Å². The standard InChI is InChI=1S/2C17H28N2O2.C2H2O4/c2*1-3-5-7-14-18(4-2)15-8-6-9-16-10-12-17(13-11-16)19(20)21;3-1(4)2(5)6/h2*10-13H,3-9,14-15H2,1-2H3;(H,3,4)(H,5,6). The molecule has 0 aliphatic carbocycles. The van der Waals surface area contributed by atoms with E-state index in [-0.39, 0.29) is 21.2 Å². The van der Waals surface area contributed by atoms with Gasteiger partial charge in [-0.05, 0) is 89.2 Å². The number of nitro groups is 2. The van der Waals surface area contributed by atoms with Gasteiger partial charge in [-0.15, -0.1) is 0 Å². The molecule has 2 unspecified atom stereocenters. The Kier molecular flexibility index (Phi) is 25.9. The molecular weight excluding hydrogens is 616 g/mol. The van der Waals surface area contributed by atoms with Crippen molar-refractivity contribution < 1.29 is 39.4 Å². The van der Waals surface area contributed by atoms with Crippen LogP contribution in [0.5, 0.6) is 0 Å². The predicted octanol–water partition coefficient (Wildman–Crippen LogP) is 2.51. The normalized spacial score (nSPS) is 11.7. The molecule has 0 fully saturated rings. The van der Waals surface area contributed by atoms with Crippen LogP contribution in [0.1, 0.15) is 103 Å². The van der Waals surface area contributed by atoms with Crippen molar-refractivity contribution in [3.05, 3.63) is 79.9 Å². The van der Waals surface area contributed by atoms with Crippen LogP contribution in [-0.2, 0) is 22.4 Å². The van der Waals surface area contributed by atoms with Crippen LogP contribution in [0.25, 0.3) is 0 Å². The number of carboxylic acid groups (broad SMARTS) is 2. The first kappa shape index (κ1) is 44.1. The molecule has 0 amide bonds. The van der Waals surface area contributed by atoms with E-state index in [1.54, 1.807) is 34.1 Å². The Hall–Kier alpha value is -3.90. The van der Waals surface area contributed by atoms with E-state index in [0.29, 0.717) is 0 Å². The van der Waals surface area contributed by atoms with Gasteiger partial charge in [0.15, 0.2) is 0 Å². The first-order valence-corrected chi connectivity index (χ1v) is 17.5. The molecule has 48 heavy (non-hydrogen) atoms. The number of hydrogen-bond donors (Lipinski definition) is 2. The molecule has 12 nitrogen and oxygen atoms in total. The highest BCUT2D eigenvalue weighted by atomic mass is 16.6. The molecule has 0 aliphatic heterocycles. The van der Waals surface area contributed by atoms with Gasteiger partial charge in [-0.2, -0.15) is 0 Å². The Balaban J connectivity index is 0.000000787. The van der Waals surface area contributed by atoms with Crippen LogP contribution in [0.15, 0.2) is 48.5 Å². The molecule has 270 valence electrons. The Morgan fingerprint density at radius 2 is 0.812 bits per heavy atom. The summed E-state index contributed by atoms with van der Waals surface area (Å²) in [7, 11) is 0. The Morgan fingerprint density at radius 1 is 0.521 bits per heavy atom. The van der Waals surface area contributed by atoms with Crippen molar-refractivity contribution in [2.24, 2.45) is 0 Å². The molecule has 0 heterocycles. The summed E-state index contributed by atoms with van der Waals surface area (Å²) in [6.07, 6.45) is 14.7. The number of non-ortho nitro benzene ring substituents is 2. The summed E-state index contributed by atoms with van der Waals surface area (Å²) in [6, 6.07) is 13.9. The summed E-state index contributed by atoms with van der Waals surface area (Å²) in [5.41, 5.74) is 2.75. The second-order valence-corrected chi connectivity index (χ2v) is 12.0. The molecule has 2 atom stereocenters. The van der Waals surface area contributed by atoms with Gasteiger partial charge in [-0.25, -0.2) is 0 Å². The first-order chi connectivity index (χ1) is 23.0. The minimum atomic E-state index is -2.19. The van der Waals surface area contributed by atoms with E-state index in [1.165, 1.54) is 102 Å². The molecule has 0 spiro atoms. The van der Waals surface area contributed by atoms with E-state index in [4.69, 9.17) is 19.8 Å². The molecule has 0 bridgehead atoms. The lowest BCUT2D eigenvalue weighted by Gasteiger charge is -2.17. The summed E-state index contributed by atoms with van der Waals surface area (Å²) in [5.74, 6) is -4.37. The summed E-state index contributed by atoms with van der Waals surface area (Å²) < 4.78 is 0. The van der Waals surface area contributed by atoms with Gasteiger partial charge >= 0.3 is 0 Å². The maximum Gasteiger partial charge on any atom is 0.269 e. The number of quaternary nitrogens is 2. The van der Waals surface area contributed by atoms with Gasteiger partial charge in [0.05, 0.1) is 61.1 Å². The quantitative estimate of drug-likeness (QED) is 0.0829.